The topological polar surface area (TPSA) is 101 Å². The molecular formula is C28H34F3N6O4P. The van der Waals surface area contributed by atoms with Crippen LogP contribution in [0.4, 0.5) is 30.5 Å². The number of hydroxylamine groups is 1. The second kappa shape index (κ2) is 13.5. The molecule has 226 valence electrons. The minimum atomic E-state index is -4.77. The van der Waals surface area contributed by atoms with Gasteiger partial charge >= 0.3 is 6.18 Å². The van der Waals surface area contributed by atoms with E-state index in [1.807, 2.05) is 20.4 Å². The van der Waals surface area contributed by atoms with Gasteiger partial charge in [0.05, 0.1) is 20.9 Å². The van der Waals surface area contributed by atoms with Crippen LogP contribution in [0.2, 0.25) is 0 Å². The molecule has 0 unspecified atom stereocenters. The zero-order chi connectivity index (χ0) is 30.4. The Kier molecular flexibility index (Phi) is 10.1. The molecule has 1 fully saturated rings. The number of amides is 1. The summed E-state index contributed by atoms with van der Waals surface area (Å²) in [5, 5.41) is 7.38. The lowest BCUT2D eigenvalue weighted by molar-refractivity contribution is -0.139. The Morgan fingerprint density at radius 2 is 1.83 bits per heavy atom. The number of nitrogens with zero attached hydrogens (tertiary/aromatic N) is 4. The number of nitrogens with one attached hydrogen (secondary N) is 2. The van der Waals surface area contributed by atoms with E-state index in [0.29, 0.717) is 23.1 Å². The van der Waals surface area contributed by atoms with Crippen molar-refractivity contribution in [2.45, 2.75) is 25.1 Å². The van der Waals surface area contributed by atoms with Crippen molar-refractivity contribution in [2.24, 2.45) is 0 Å². The third-order valence-electron chi connectivity index (χ3n) is 6.52. The maximum absolute atomic E-state index is 13.9. The summed E-state index contributed by atoms with van der Waals surface area (Å²) in [6.45, 7) is 5.60. The van der Waals surface area contributed by atoms with Crippen LogP contribution >= 0.6 is 8.15 Å². The highest BCUT2D eigenvalue weighted by molar-refractivity contribution is 7.50. The first-order chi connectivity index (χ1) is 19.9. The zero-order valence-corrected chi connectivity index (χ0v) is 24.9. The van der Waals surface area contributed by atoms with Crippen LogP contribution in [0, 0.1) is 0 Å². The highest BCUT2D eigenvalue weighted by Gasteiger charge is 2.37. The Balaban J connectivity index is 1.58. The van der Waals surface area contributed by atoms with E-state index in [0.717, 1.165) is 25.9 Å². The predicted molar refractivity (Wildman–Crippen MR) is 156 cm³/mol. The van der Waals surface area contributed by atoms with Crippen molar-refractivity contribution in [1.82, 2.24) is 20.2 Å². The van der Waals surface area contributed by atoms with E-state index < -0.39 is 25.8 Å². The summed E-state index contributed by atoms with van der Waals surface area (Å²) in [7, 11) is 4.32. The van der Waals surface area contributed by atoms with Gasteiger partial charge in [-0.15, -0.1) is 0 Å². The minimum Gasteiger partial charge on any atom is -0.495 e. The molecule has 0 spiro atoms. The van der Waals surface area contributed by atoms with E-state index in [1.54, 1.807) is 43.4 Å². The van der Waals surface area contributed by atoms with Gasteiger partial charge in [-0.1, -0.05) is 12.1 Å². The van der Waals surface area contributed by atoms with Crippen molar-refractivity contribution in [3.63, 3.8) is 0 Å². The van der Waals surface area contributed by atoms with Crippen molar-refractivity contribution >= 4 is 31.4 Å². The molecule has 0 radical (unpaired) electrons. The third kappa shape index (κ3) is 7.99. The highest BCUT2D eigenvalue weighted by atomic mass is 31.1. The fraction of sp³-hybridized carbons (Fsp3) is 0.393. The van der Waals surface area contributed by atoms with Gasteiger partial charge in [0.1, 0.15) is 17.0 Å². The van der Waals surface area contributed by atoms with Crippen LogP contribution in [0.15, 0.2) is 48.7 Å². The molecule has 2 heterocycles. The van der Waals surface area contributed by atoms with Gasteiger partial charge < -0.3 is 25.0 Å². The van der Waals surface area contributed by atoms with Gasteiger partial charge in [0.15, 0.2) is 5.75 Å². The van der Waals surface area contributed by atoms with Crippen molar-refractivity contribution < 1.29 is 32.1 Å². The number of alkyl halides is 3. The fourth-order valence-electron chi connectivity index (χ4n) is 4.37. The lowest BCUT2D eigenvalue weighted by Gasteiger charge is -2.29. The molecule has 1 aliphatic heterocycles. The van der Waals surface area contributed by atoms with E-state index in [4.69, 9.17) is 14.1 Å². The van der Waals surface area contributed by atoms with Gasteiger partial charge in [0.2, 0.25) is 11.8 Å². The molecule has 1 aromatic heterocycles. The first kappa shape index (κ1) is 31.3. The maximum atomic E-state index is 13.9. The molecule has 0 bridgehead atoms. The molecule has 1 saturated heterocycles. The molecule has 1 aliphatic rings. The first-order valence-corrected chi connectivity index (χ1v) is 15.3. The molecule has 0 aliphatic carbocycles. The van der Waals surface area contributed by atoms with E-state index in [-0.39, 0.29) is 29.4 Å². The van der Waals surface area contributed by atoms with Crippen LogP contribution in [-0.4, -0.2) is 74.4 Å². The summed E-state index contributed by atoms with van der Waals surface area (Å²) in [5.74, 6) is -0.680. The minimum absolute atomic E-state index is 0.0827. The zero-order valence-electron chi connectivity index (χ0n) is 24.0. The Morgan fingerprint density at radius 3 is 2.50 bits per heavy atom. The summed E-state index contributed by atoms with van der Waals surface area (Å²) in [5.41, 5.74) is 0.0181. The molecule has 0 atom stereocenters. The third-order valence-corrected chi connectivity index (χ3v) is 7.09. The monoisotopic (exact) mass is 606 g/mol. The van der Waals surface area contributed by atoms with Crippen LogP contribution in [0.25, 0.3) is 0 Å². The average molecular weight is 607 g/mol. The van der Waals surface area contributed by atoms with Crippen LogP contribution < -0.4 is 25.2 Å². The molecule has 1 amide bonds. The Hall–Kier alpha value is -3.67. The largest absolute Gasteiger partial charge is 0.495 e. The summed E-state index contributed by atoms with van der Waals surface area (Å²) >= 11 is 0. The number of hydrogen-bond acceptors (Lipinski definition) is 9. The standard InChI is InChI=1S/C28H34F3N6O4P/c1-36-14-12-19(13-15-36)33-25(38)18-10-11-21(24(16-18)39-3)34-27-32-17-20(28(29,30)31)26(35-27)40-23-9-7-6-8-22(23)37(2)41-42(4)5/h6-11,16-17,19H,12-15H2,1-5H3,(H,33,38)(H,32,34,35). The van der Waals surface area contributed by atoms with Crippen molar-refractivity contribution in [3.05, 3.63) is 59.8 Å². The van der Waals surface area contributed by atoms with Gasteiger partial charge in [-0.2, -0.15) is 18.2 Å². The highest BCUT2D eigenvalue weighted by Crippen LogP contribution is 2.41. The van der Waals surface area contributed by atoms with Crippen LogP contribution in [0.1, 0.15) is 28.8 Å². The number of halogens is 3. The number of piperidine rings is 1. The number of hydrogen-bond donors (Lipinski definition) is 2. The number of ether oxygens (including phenoxy) is 2. The molecule has 2 aromatic carbocycles. The van der Waals surface area contributed by atoms with Gasteiger partial charge in [-0.05, 0) is 76.6 Å². The van der Waals surface area contributed by atoms with Crippen LogP contribution in [0.3, 0.4) is 0 Å². The number of benzene rings is 2. The SMILES string of the molecule is COc1cc(C(=O)NC2CCN(C)CC2)ccc1Nc1ncc(C(F)(F)F)c(Oc2ccccc2N(C)OP(C)C)n1. The lowest BCUT2D eigenvalue weighted by Crippen LogP contribution is -2.43. The van der Waals surface area contributed by atoms with Gasteiger partial charge in [-0.3, -0.25) is 9.42 Å². The summed E-state index contributed by atoms with van der Waals surface area (Å²) in [4.78, 5) is 23.0. The van der Waals surface area contributed by atoms with E-state index in [9.17, 15) is 18.0 Å². The quantitative estimate of drug-likeness (QED) is 0.216. The second-order valence-corrected chi connectivity index (χ2v) is 11.8. The fourth-order valence-corrected chi connectivity index (χ4v) is 4.95. The number of aromatic nitrogens is 2. The van der Waals surface area contributed by atoms with Crippen molar-refractivity contribution in [3.8, 4) is 17.4 Å². The average Bonchev–Trinajstić information content (AvgIpc) is 2.94. The number of likely N-dealkylation sites (tertiary alicyclic amines) is 1. The number of anilines is 3. The van der Waals surface area contributed by atoms with E-state index in [2.05, 4.69) is 25.5 Å². The number of carbonyl (C=O) groups is 1. The van der Waals surface area contributed by atoms with E-state index >= 15 is 0 Å². The van der Waals surface area contributed by atoms with Crippen LogP contribution in [-0.2, 0) is 10.8 Å². The molecule has 10 nitrogen and oxygen atoms in total. The molecule has 14 heteroatoms. The summed E-state index contributed by atoms with van der Waals surface area (Å²) in [6, 6.07) is 11.4. The van der Waals surface area contributed by atoms with Gasteiger partial charge in [-0.25, -0.2) is 10.0 Å². The summed E-state index contributed by atoms with van der Waals surface area (Å²) < 4.78 is 58.6. The molecule has 42 heavy (non-hydrogen) atoms. The maximum Gasteiger partial charge on any atom is 0.423 e. The predicted octanol–water partition coefficient (Wildman–Crippen LogP) is 5.89. The lowest BCUT2D eigenvalue weighted by atomic mass is 10.0. The second-order valence-electron chi connectivity index (χ2n) is 9.96. The normalized spacial score (nSPS) is 14.5. The number of carbonyl (C=O) groups excluding carboxylic acids is 1. The van der Waals surface area contributed by atoms with Gasteiger partial charge in [0.25, 0.3) is 5.91 Å². The van der Waals surface area contributed by atoms with Crippen LogP contribution in [0.5, 0.6) is 17.4 Å². The molecule has 2 N–H and O–H groups in total. The number of rotatable bonds is 10. The number of para-hydroxylation sites is 2. The summed E-state index contributed by atoms with van der Waals surface area (Å²) in [6.07, 6.45) is -2.39. The molecule has 4 rings (SSSR count). The van der Waals surface area contributed by atoms with E-state index in [1.165, 1.54) is 18.2 Å². The Bertz CT molecular complexity index is 1390. The Labute approximate surface area is 244 Å². The van der Waals surface area contributed by atoms with Crippen molar-refractivity contribution in [2.75, 3.05) is 58.0 Å². The molecule has 3 aromatic rings. The van der Waals surface area contributed by atoms with Gasteiger partial charge in [0, 0.05) is 24.8 Å². The van der Waals surface area contributed by atoms with Crippen molar-refractivity contribution in [1.29, 1.82) is 0 Å². The first-order valence-electron chi connectivity index (χ1n) is 13.2. The molecular weight excluding hydrogens is 572 g/mol. The number of methoxy groups -OCH3 is 1. The Morgan fingerprint density at radius 1 is 1.12 bits per heavy atom. The smallest absolute Gasteiger partial charge is 0.423 e. The molecule has 0 saturated carbocycles.